The fourth-order valence-electron chi connectivity index (χ4n) is 6.26. The van der Waals surface area contributed by atoms with Crippen molar-refractivity contribution < 1.29 is 32.9 Å². The van der Waals surface area contributed by atoms with Gasteiger partial charge in [0.05, 0.1) is 38.0 Å². The van der Waals surface area contributed by atoms with Gasteiger partial charge in [0, 0.05) is 37.2 Å². The molecule has 238 valence electrons. The number of carbonyl (C=O) groups excluding carboxylic acids is 2. The zero-order valence-electron chi connectivity index (χ0n) is 25.5. The van der Waals surface area contributed by atoms with Crippen molar-refractivity contribution in [3.63, 3.8) is 0 Å². The summed E-state index contributed by atoms with van der Waals surface area (Å²) < 4.78 is 36.9. The second-order valence-corrected chi connectivity index (χ2v) is 11.5. The summed E-state index contributed by atoms with van der Waals surface area (Å²) in [6.07, 6.45) is 1.64. The molecule has 0 aliphatic carbocycles. The van der Waals surface area contributed by atoms with Crippen LogP contribution in [0.1, 0.15) is 17.5 Å². The van der Waals surface area contributed by atoms with Crippen molar-refractivity contribution in [1.82, 2.24) is 19.9 Å². The molecule has 0 unspecified atom stereocenters. The Morgan fingerprint density at radius 1 is 1.00 bits per heavy atom. The first-order valence-corrected chi connectivity index (χ1v) is 15.2. The van der Waals surface area contributed by atoms with E-state index in [1.807, 2.05) is 24.3 Å². The number of nitrogens with zero attached hydrogens (tertiary/aromatic N) is 6. The lowest BCUT2D eigenvalue weighted by atomic mass is 9.91. The van der Waals surface area contributed by atoms with E-state index < -0.39 is 11.9 Å². The van der Waals surface area contributed by atoms with Gasteiger partial charge in [0.1, 0.15) is 23.5 Å². The number of fused-ring (bicyclic) bond motifs is 3. The van der Waals surface area contributed by atoms with Crippen LogP contribution in [-0.2, 0) is 22.5 Å². The monoisotopic (exact) mass is 628 g/mol. The van der Waals surface area contributed by atoms with Gasteiger partial charge in [-0.05, 0) is 55.3 Å². The summed E-state index contributed by atoms with van der Waals surface area (Å²) in [4.78, 5) is 44.8. The smallest absolute Gasteiger partial charge is 0.415 e. The fraction of sp³-hybridized carbons (Fsp3) is 0.364. The first-order chi connectivity index (χ1) is 22.4. The van der Waals surface area contributed by atoms with E-state index in [1.165, 1.54) is 18.2 Å². The maximum atomic E-state index is 14.8. The minimum absolute atomic E-state index is 0.0875. The van der Waals surface area contributed by atoms with Crippen LogP contribution in [0.15, 0.2) is 54.7 Å². The van der Waals surface area contributed by atoms with Crippen LogP contribution in [0.3, 0.4) is 0 Å². The van der Waals surface area contributed by atoms with Crippen LogP contribution in [0.4, 0.5) is 20.8 Å². The van der Waals surface area contributed by atoms with Crippen molar-refractivity contribution in [2.45, 2.75) is 25.5 Å². The number of benzene rings is 1. The van der Waals surface area contributed by atoms with Gasteiger partial charge in [-0.1, -0.05) is 12.1 Å². The maximum absolute atomic E-state index is 14.8. The van der Waals surface area contributed by atoms with Crippen molar-refractivity contribution in [2.24, 2.45) is 5.92 Å². The summed E-state index contributed by atoms with van der Waals surface area (Å²) in [6.45, 7) is 2.52. The molecule has 2 amide bonds. The van der Waals surface area contributed by atoms with E-state index in [2.05, 4.69) is 14.9 Å². The molecule has 0 saturated carbocycles. The van der Waals surface area contributed by atoms with E-state index in [4.69, 9.17) is 23.9 Å². The number of rotatable bonds is 8. The maximum Gasteiger partial charge on any atom is 0.415 e. The molecule has 12 nitrogen and oxygen atoms in total. The van der Waals surface area contributed by atoms with Gasteiger partial charge in [-0.2, -0.15) is 0 Å². The Labute approximate surface area is 264 Å². The molecule has 13 heteroatoms. The van der Waals surface area contributed by atoms with E-state index in [9.17, 15) is 14.0 Å². The molecule has 0 spiro atoms. The molecule has 1 aromatic carbocycles. The number of pyridine rings is 3. The van der Waals surface area contributed by atoms with Gasteiger partial charge in [0.15, 0.2) is 18.2 Å². The second-order valence-electron chi connectivity index (χ2n) is 11.5. The number of aromatic nitrogens is 3. The molecular weight excluding hydrogens is 595 g/mol. The highest BCUT2D eigenvalue weighted by Crippen LogP contribution is 2.36. The highest BCUT2D eigenvalue weighted by atomic mass is 19.1. The Morgan fingerprint density at radius 2 is 1.85 bits per heavy atom. The number of carbonyl (C=O) groups is 2. The number of halogens is 1. The summed E-state index contributed by atoms with van der Waals surface area (Å²) in [5, 5.41) is 0. The number of methoxy groups -OCH3 is 2. The van der Waals surface area contributed by atoms with Crippen LogP contribution in [0, 0.1) is 11.7 Å². The van der Waals surface area contributed by atoms with Gasteiger partial charge in [0.25, 0.3) is 5.91 Å². The largest absolute Gasteiger partial charge is 0.497 e. The lowest BCUT2D eigenvalue weighted by Crippen LogP contribution is -2.56. The molecule has 6 heterocycles. The van der Waals surface area contributed by atoms with Crippen LogP contribution >= 0.6 is 0 Å². The molecule has 3 aromatic heterocycles. The Balaban J connectivity index is 1.03. The Kier molecular flexibility index (Phi) is 7.99. The number of piperidine rings is 1. The molecule has 0 N–H and O–H groups in total. The van der Waals surface area contributed by atoms with E-state index in [0.29, 0.717) is 72.5 Å². The molecule has 2 saturated heterocycles. The number of anilines is 2. The van der Waals surface area contributed by atoms with E-state index in [-0.39, 0.29) is 24.5 Å². The Hall–Kier alpha value is -5.04. The number of hydrogen-bond donors (Lipinski definition) is 0. The minimum atomic E-state index is -0.497. The zero-order chi connectivity index (χ0) is 31.8. The second kappa shape index (κ2) is 12.4. The minimum Gasteiger partial charge on any atom is -0.497 e. The van der Waals surface area contributed by atoms with E-state index >= 15 is 0 Å². The number of hydrogen-bond acceptors (Lipinski definition) is 10. The van der Waals surface area contributed by atoms with Crippen molar-refractivity contribution in [1.29, 1.82) is 0 Å². The number of likely N-dealkylation sites (tertiary alicyclic amines) is 1. The normalized spacial score (nSPS) is 19.7. The lowest BCUT2D eigenvalue weighted by Gasteiger charge is -2.43. The highest BCUT2D eigenvalue weighted by Gasteiger charge is 2.41. The fourth-order valence-corrected chi connectivity index (χ4v) is 6.26. The molecule has 46 heavy (non-hydrogen) atoms. The highest BCUT2D eigenvalue weighted by molar-refractivity contribution is 5.97. The van der Waals surface area contributed by atoms with Crippen molar-refractivity contribution in [3.8, 4) is 17.4 Å². The first-order valence-electron chi connectivity index (χ1n) is 15.2. The molecule has 4 aromatic rings. The molecule has 3 aliphatic heterocycles. The molecular formula is C33H33FN6O6. The van der Waals surface area contributed by atoms with Crippen LogP contribution < -0.4 is 24.0 Å². The Bertz CT molecular complexity index is 1790. The summed E-state index contributed by atoms with van der Waals surface area (Å²) in [7, 11) is 3.12. The van der Waals surface area contributed by atoms with Crippen molar-refractivity contribution >= 4 is 34.7 Å². The van der Waals surface area contributed by atoms with Gasteiger partial charge in [-0.25, -0.2) is 19.2 Å². The third-order valence-electron chi connectivity index (χ3n) is 8.81. The van der Waals surface area contributed by atoms with Gasteiger partial charge in [0.2, 0.25) is 5.88 Å². The lowest BCUT2D eigenvalue weighted by molar-refractivity contribution is -0.121. The summed E-state index contributed by atoms with van der Waals surface area (Å²) in [5.74, 6) is 1.80. The molecule has 0 bridgehead atoms. The average Bonchev–Trinajstić information content (AvgIpc) is 3.08. The molecule has 2 fully saturated rings. The van der Waals surface area contributed by atoms with Crippen LogP contribution in [0.5, 0.6) is 17.4 Å². The topological polar surface area (TPSA) is 119 Å². The Morgan fingerprint density at radius 3 is 2.65 bits per heavy atom. The number of ether oxygens (including phenoxy) is 4. The van der Waals surface area contributed by atoms with Crippen molar-refractivity contribution in [3.05, 3.63) is 71.7 Å². The standard InChI is InChI=1S/C33H33FN6O6/c1-43-22-5-3-20(4-6-22)16-40-30(41)19-45-26-8-9-28(36-32(26)40)39-17-21-11-13-38(18-27(21)46-33(39)42)14-12-23-24(34)15-35-25-7-10-29(44-2)37-31(23)25/h3-10,15,21,27H,11-14,16-19H2,1-2H3/t21-,27+/m0/s1. The van der Waals surface area contributed by atoms with Gasteiger partial charge >= 0.3 is 6.09 Å². The van der Waals surface area contributed by atoms with Crippen LogP contribution in [-0.4, -0.2) is 85.0 Å². The first kappa shape index (κ1) is 29.7. The quantitative estimate of drug-likeness (QED) is 0.283. The predicted molar refractivity (Wildman–Crippen MR) is 166 cm³/mol. The molecule has 0 radical (unpaired) electrons. The third kappa shape index (κ3) is 5.73. The van der Waals surface area contributed by atoms with Gasteiger partial charge < -0.3 is 18.9 Å². The summed E-state index contributed by atoms with van der Waals surface area (Å²) in [6, 6.07) is 14.4. The van der Waals surface area contributed by atoms with E-state index in [1.54, 1.807) is 36.3 Å². The van der Waals surface area contributed by atoms with Crippen LogP contribution in [0.2, 0.25) is 0 Å². The van der Waals surface area contributed by atoms with E-state index in [0.717, 1.165) is 24.3 Å². The molecule has 7 rings (SSSR count). The third-order valence-corrected chi connectivity index (χ3v) is 8.81. The van der Waals surface area contributed by atoms with Crippen molar-refractivity contribution in [2.75, 3.05) is 56.8 Å². The summed E-state index contributed by atoms with van der Waals surface area (Å²) >= 11 is 0. The van der Waals surface area contributed by atoms with Gasteiger partial charge in [-0.3, -0.25) is 24.5 Å². The number of amides is 2. The van der Waals surface area contributed by atoms with Crippen LogP contribution in [0.25, 0.3) is 11.0 Å². The molecule has 2 atom stereocenters. The zero-order valence-corrected chi connectivity index (χ0v) is 25.5. The summed E-state index contributed by atoms with van der Waals surface area (Å²) in [5.41, 5.74) is 2.48. The average molecular weight is 629 g/mol. The molecule has 3 aliphatic rings. The predicted octanol–water partition coefficient (Wildman–Crippen LogP) is 4.00. The SMILES string of the molecule is COc1ccc(CN2C(=O)COc3ccc(N4C[C@@H]5CCN(CCc6c(F)cnc7ccc(OC)nc67)C[C@H]5OC4=O)nc32)cc1. The van der Waals surface area contributed by atoms with Gasteiger partial charge in [-0.15, -0.1) is 0 Å².